The lowest BCUT2D eigenvalue weighted by Crippen LogP contribution is -2.14. The lowest BCUT2D eigenvalue weighted by Gasteiger charge is -2.17. The van der Waals surface area contributed by atoms with Gasteiger partial charge in [-0.05, 0) is 57.9 Å². The summed E-state index contributed by atoms with van der Waals surface area (Å²) in [5.41, 5.74) is 1.91. The average Bonchev–Trinajstić information content (AvgIpc) is 2.51. The molecule has 0 aliphatic rings. The van der Waals surface area contributed by atoms with E-state index in [2.05, 4.69) is 15.9 Å². The van der Waals surface area contributed by atoms with Crippen molar-refractivity contribution < 1.29 is 14.2 Å². The number of ether oxygens (including phenoxy) is 1. The van der Waals surface area contributed by atoms with Crippen LogP contribution in [0.4, 0.5) is 4.39 Å². The quantitative estimate of drug-likeness (QED) is 0.851. The van der Waals surface area contributed by atoms with Crippen molar-refractivity contribution in [2.75, 3.05) is 13.7 Å². The Bertz CT molecular complexity index is 601. The number of benzene rings is 2. The highest BCUT2D eigenvalue weighted by atomic mass is 79.9. The van der Waals surface area contributed by atoms with Crippen LogP contribution in [-0.4, -0.2) is 18.8 Å². The summed E-state index contributed by atoms with van der Waals surface area (Å²) in [7, 11) is 1.63. The van der Waals surface area contributed by atoms with Gasteiger partial charge in [0.25, 0.3) is 0 Å². The van der Waals surface area contributed by atoms with Gasteiger partial charge in [-0.25, -0.2) is 4.39 Å². The van der Waals surface area contributed by atoms with Gasteiger partial charge in [0.05, 0.1) is 11.6 Å². The lowest BCUT2D eigenvalue weighted by molar-refractivity contribution is 0.223. The molecule has 0 fully saturated rings. The standard InChI is InChI=1S/C17H18BrFO2/c1-21-16-8-3-2-5-13(16)9-12(11-20)10-14-6-4-7-15(19)17(14)18/h2-8,12,20H,9-11H2,1H3. The van der Waals surface area contributed by atoms with E-state index in [-0.39, 0.29) is 18.3 Å². The minimum Gasteiger partial charge on any atom is -0.496 e. The molecule has 1 N–H and O–H groups in total. The molecule has 112 valence electrons. The first kappa shape index (κ1) is 16.0. The molecular weight excluding hydrogens is 335 g/mol. The molecular formula is C17H18BrFO2. The monoisotopic (exact) mass is 352 g/mol. The summed E-state index contributed by atoms with van der Waals surface area (Å²) in [5, 5.41) is 9.62. The molecule has 2 aromatic rings. The van der Waals surface area contributed by atoms with Gasteiger partial charge in [0.2, 0.25) is 0 Å². The molecule has 0 radical (unpaired) electrons. The first-order valence-electron chi connectivity index (χ1n) is 6.81. The van der Waals surface area contributed by atoms with E-state index in [1.807, 2.05) is 30.3 Å². The molecule has 0 spiro atoms. The SMILES string of the molecule is COc1ccccc1CC(CO)Cc1cccc(F)c1Br. The Morgan fingerprint density at radius 1 is 1.10 bits per heavy atom. The van der Waals surface area contributed by atoms with Gasteiger partial charge in [0.15, 0.2) is 0 Å². The van der Waals surface area contributed by atoms with Crippen molar-refractivity contribution in [2.45, 2.75) is 12.8 Å². The van der Waals surface area contributed by atoms with Gasteiger partial charge in [0.1, 0.15) is 11.6 Å². The maximum absolute atomic E-state index is 13.5. The average molecular weight is 353 g/mol. The zero-order valence-electron chi connectivity index (χ0n) is 11.9. The molecule has 0 aromatic heterocycles. The minimum atomic E-state index is -0.276. The minimum absolute atomic E-state index is 0.0133. The molecule has 0 aliphatic heterocycles. The molecule has 2 aromatic carbocycles. The summed E-state index contributed by atoms with van der Waals surface area (Å²) in [5.74, 6) is 0.551. The molecule has 4 heteroatoms. The second kappa shape index (κ2) is 7.57. The van der Waals surface area contributed by atoms with E-state index in [4.69, 9.17) is 4.74 Å². The smallest absolute Gasteiger partial charge is 0.137 e. The van der Waals surface area contributed by atoms with Crippen molar-refractivity contribution in [2.24, 2.45) is 5.92 Å². The molecule has 0 saturated heterocycles. The second-order valence-electron chi connectivity index (χ2n) is 4.98. The zero-order valence-corrected chi connectivity index (χ0v) is 13.4. The molecule has 0 aliphatic carbocycles. The summed E-state index contributed by atoms with van der Waals surface area (Å²) in [6.45, 7) is 0.0427. The molecule has 0 amide bonds. The molecule has 0 heterocycles. The number of aliphatic hydroxyl groups is 1. The zero-order chi connectivity index (χ0) is 15.2. The van der Waals surface area contributed by atoms with Crippen LogP contribution >= 0.6 is 15.9 Å². The van der Waals surface area contributed by atoms with Crippen molar-refractivity contribution in [3.05, 3.63) is 63.9 Å². The van der Waals surface area contributed by atoms with Gasteiger partial charge in [-0.3, -0.25) is 0 Å². The van der Waals surface area contributed by atoms with E-state index in [0.29, 0.717) is 17.3 Å². The van der Waals surface area contributed by atoms with E-state index in [9.17, 15) is 9.50 Å². The molecule has 2 nitrogen and oxygen atoms in total. The largest absolute Gasteiger partial charge is 0.496 e. The van der Waals surface area contributed by atoms with Crippen molar-refractivity contribution in [3.8, 4) is 5.75 Å². The summed E-state index contributed by atoms with van der Waals surface area (Å²) in [6, 6.07) is 12.7. The number of rotatable bonds is 6. The number of aliphatic hydroxyl groups excluding tert-OH is 1. The van der Waals surface area contributed by atoms with Crippen LogP contribution < -0.4 is 4.74 Å². The van der Waals surface area contributed by atoms with Crippen molar-refractivity contribution in [1.82, 2.24) is 0 Å². The second-order valence-corrected chi connectivity index (χ2v) is 5.77. The third kappa shape index (κ3) is 4.05. The first-order valence-corrected chi connectivity index (χ1v) is 7.60. The number of halogens is 2. The van der Waals surface area contributed by atoms with Gasteiger partial charge >= 0.3 is 0 Å². The number of hydrogen-bond donors (Lipinski definition) is 1. The van der Waals surface area contributed by atoms with Crippen LogP contribution in [0, 0.1) is 11.7 Å². The Morgan fingerprint density at radius 2 is 1.76 bits per heavy atom. The van der Waals surface area contributed by atoms with Crippen LogP contribution in [0.15, 0.2) is 46.9 Å². The van der Waals surface area contributed by atoms with Crippen LogP contribution in [0.2, 0.25) is 0 Å². The summed E-state index contributed by atoms with van der Waals surface area (Å²) < 4.78 is 19.4. The Balaban J connectivity index is 2.15. The number of hydrogen-bond acceptors (Lipinski definition) is 2. The predicted octanol–water partition coefficient (Wildman–Crippen LogP) is 3.99. The van der Waals surface area contributed by atoms with Crippen LogP contribution in [0.1, 0.15) is 11.1 Å². The highest BCUT2D eigenvalue weighted by Crippen LogP contribution is 2.26. The summed E-state index contributed by atoms with van der Waals surface area (Å²) in [6.07, 6.45) is 1.29. The van der Waals surface area contributed by atoms with Crippen LogP contribution in [0.5, 0.6) is 5.75 Å². The predicted molar refractivity (Wildman–Crippen MR) is 85.1 cm³/mol. The molecule has 1 unspecified atom stereocenters. The van der Waals surface area contributed by atoms with Crippen LogP contribution in [0.3, 0.4) is 0 Å². The Labute approximate surface area is 132 Å². The van der Waals surface area contributed by atoms with Crippen molar-refractivity contribution >= 4 is 15.9 Å². The van der Waals surface area contributed by atoms with Crippen molar-refractivity contribution in [1.29, 1.82) is 0 Å². The maximum Gasteiger partial charge on any atom is 0.137 e. The van der Waals surface area contributed by atoms with Gasteiger partial charge in [0, 0.05) is 6.61 Å². The fourth-order valence-corrected chi connectivity index (χ4v) is 2.83. The number of methoxy groups -OCH3 is 1. The molecule has 0 saturated carbocycles. The fraction of sp³-hybridized carbons (Fsp3) is 0.294. The lowest BCUT2D eigenvalue weighted by atomic mass is 9.93. The fourth-order valence-electron chi connectivity index (χ4n) is 2.40. The first-order chi connectivity index (χ1) is 10.2. The normalized spacial score (nSPS) is 12.2. The number of para-hydroxylation sites is 1. The summed E-state index contributed by atoms with van der Waals surface area (Å²) in [4.78, 5) is 0. The highest BCUT2D eigenvalue weighted by molar-refractivity contribution is 9.10. The Morgan fingerprint density at radius 3 is 2.48 bits per heavy atom. The van der Waals surface area contributed by atoms with E-state index in [1.165, 1.54) is 6.07 Å². The van der Waals surface area contributed by atoms with Gasteiger partial charge < -0.3 is 9.84 Å². The van der Waals surface area contributed by atoms with Crippen LogP contribution in [-0.2, 0) is 12.8 Å². The third-order valence-corrected chi connectivity index (χ3v) is 4.39. The van der Waals surface area contributed by atoms with E-state index in [0.717, 1.165) is 16.9 Å². The van der Waals surface area contributed by atoms with Gasteiger partial charge in [-0.2, -0.15) is 0 Å². The molecule has 1 atom stereocenters. The maximum atomic E-state index is 13.5. The molecule has 21 heavy (non-hydrogen) atoms. The van der Waals surface area contributed by atoms with Gasteiger partial charge in [-0.1, -0.05) is 30.3 Å². The van der Waals surface area contributed by atoms with Crippen LogP contribution in [0.25, 0.3) is 0 Å². The van der Waals surface area contributed by atoms with Gasteiger partial charge in [-0.15, -0.1) is 0 Å². The topological polar surface area (TPSA) is 29.5 Å². The molecule has 2 rings (SSSR count). The highest BCUT2D eigenvalue weighted by Gasteiger charge is 2.15. The Kier molecular flexibility index (Phi) is 5.76. The third-order valence-electron chi connectivity index (χ3n) is 3.50. The summed E-state index contributed by atoms with van der Waals surface area (Å²) >= 11 is 3.27. The molecule has 0 bridgehead atoms. The van der Waals surface area contributed by atoms with E-state index >= 15 is 0 Å². The van der Waals surface area contributed by atoms with E-state index < -0.39 is 0 Å². The Hall–Kier alpha value is -1.39. The van der Waals surface area contributed by atoms with E-state index in [1.54, 1.807) is 13.2 Å². The van der Waals surface area contributed by atoms with Crippen molar-refractivity contribution in [3.63, 3.8) is 0 Å².